The molecule has 0 unspecified atom stereocenters. The fourth-order valence-corrected chi connectivity index (χ4v) is 7.71. The van der Waals surface area contributed by atoms with E-state index in [0.717, 1.165) is 12.8 Å². The first-order chi connectivity index (χ1) is 24.7. The van der Waals surface area contributed by atoms with Crippen LogP contribution in [0, 0.1) is 17.8 Å². The van der Waals surface area contributed by atoms with Gasteiger partial charge in [-0.3, -0.25) is 33.6 Å². The minimum absolute atomic E-state index is 0.119. The molecule has 0 radical (unpaired) electrons. The number of nitrogens with one attached hydrogen (secondary N) is 4. The van der Waals surface area contributed by atoms with E-state index < -0.39 is 78.2 Å². The summed E-state index contributed by atoms with van der Waals surface area (Å²) in [5.74, 6) is -4.26. The number of carbonyl (C=O) groups is 7. The Kier molecular flexibility index (Phi) is 16.8. The third-order valence-electron chi connectivity index (χ3n) is 10.7. The number of nitrogens with zero attached hydrogens (tertiary/aromatic N) is 2. The fraction of sp³-hybridized carbons (Fsp3) is 0.811. The number of carboxylic acid groups (broad SMARTS) is 1. The van der Waals surface area contributed by atoms with Crippen molar-refractivity contribution in [3.8, 4) is 0 Å². The second-order valence-corrected chi connectivity index (χ2v) is 15.3. The predicted octanol–water partition coefficient (Wildman–Crippen LogP) is 1.46. The standard InChI is InChI=1S/C37H62N6O9/c1-6-17-38-35(50)32(24(5)44)41-34(49)28-16-12-19-42(28)36(51)26(21-30(46)47)39-33(48)27-15-10-11-18-43(27)37(52)31(22(2)3)40-29(45)20-23(4)25-13-8-7-9-14-25/h22-28,31-32,44H,6-21H2,1-5H3,(H,38,50)(H,39,48)(H,40,45)(H,41,49)(H,46,47)/t23-,24+,26-,27-,28-,31-,32-/m0/s1. The van der Waals surface area contributed by atoms with Gasteiger partial charge in [0, 0.05) is 26.1 Å². The van der Waals surface area contributed by atoms with Crippen molar-refractivity contribution in [3.63, 3.8) is 0 Å². The fourth-order valence-electron chi connectivity index (χ4n) is 7.71. The number of carboxylic acids is 1. The highest BCUT2D eigenvalue weighted by atomic mass is 16.4. The van der Waals surface area contributed by atoms with E-state index in [1.165, 1.54) is 36.0 Å². The first-order valence-corrected chi connectivity index (χ1v) is 19.3. The Labute approximate surface area is 307 Å². The molecule has 0 spiro atoms. The number of likely N-dealkylation sites (tertiary alicyclic amines) is 2. The van der Waals surface area contributed by atoms with Crippen LogP contribution >= 0.6 is 0 Å². The molecule has 2 saturated heterocycles. The van der Waals surface area contributed by atoms with Crippen LogP contribution in [0.1, 0.15) is 118 Å². The van der Waals surface area contributed by atoms with E-state index in [9.17, 15) is 43.8 Å². The number of hydrogen-bond donors (Lipinski definition) is 6. The number of aliphatic hydroxyl groups is 1. The monoisotopic (exact) mass is 734 g/mol. The van der Waals surface area contributed by atoms with Gasteiger partial charge in [0.05, 0.1) is 12.5 Å². The van der Waals surface area contributed by atoms with Crippen LogP contribution in [0.3, 0.4) is 0 Å². The van der Waals surface area contributed by atoms with Crippen molar-refractivity contribution in [2.75, 3.05) is 19.6 Å². The van der Waals surface area contributed by atoms with E-state index in [0.29, 0.717) is 51.0 Å². The van der Waals surface area contributed by atoms with Gasteiger partial charge in [0.2, 0.25) is 35.4 Å². The van der Waals surface area contributed by atoms with Crippen molar-refractivity contribution < 1.29 is 43.8 Å². The third kappa shape index (κ3) is 11.9. The minimum Gasteiger partial charge on any atom is -0.481 e. The Bertz CT molecular complexity index is 1270. The van der Waals surface area contributed by atoms with Gasteiger partial charge in [-0.1, -0.05) is 59.8 Å². The summed E-state index contributed by atoms with van der Waals surface area (Å²) in [5.41, 5.74) is 0. The first kappa shape index (κ1) is 42.7. The molecule has 294 valence electrons. The molecule has 6 N–H and O–H groups in total. The van der Waals surface area contributed by atoms with E-state index in [-0.39, 0.29) is 37.3 Å². The van der Waals surface area contributed by atoms with Crippen molar-refractivity contribution in [2.24, 2.45) is 17.8 Å². The molecule has 1 saturated carbocycles. The molecule has 7 atom stereocenters. The number of carbonyl (C=O) groups excluding carboxylic acids is 6. The van der Waals surface area contributed by atoms with E-state index in [4.69, 9.17) is 0 Å². The zero-order chi connectivity index (χ0) is 38.5. The molecule has 15 heteroatoms. The van der Waals surface area contributed by atoms with Crippen LogP contribution in [0.5, 0.6) is 0 Å². The Morgan fingerprint density at radius 2 is 1.27 bits per heavy atom. The lowest BCUT2D eigenvalue weighted by Gasteiger charge is -2.38. The first-order valence-electron chi connectivity index (χ1n) is 19.3. The van der Waals surface area contributed by atoms with Gasteiger partial charge in [0.25, 0.3) is 0 Å². The summed E-state index contributed by atoms with van der Waals surface area (Å²) < 4.78 is 0. The highest BCUT2D eigenvalue weighted by Crippen LogP contribution is 2.31. The molecule has 52 heavy (non-hydrogen) atoms. The summed E-state index contributed by atoms with van der Waals surface area (Å²) >= 11 is 0. The van der Waals surface area contributed by atoms with Gasteiger partial charge in [0.1, 0.15) is 30.2 Å². The zero-order valence-electron chi connectivity index (χ0n) is 31.7. The molecule has 6 amide bonds. The second kappa shape index (κ2) is 20.5. The maximum absolute atomic E-state index is 14.0. The van der Waals surface area contributed by atoms with Crippen molar-refractivity contribution in [1.82, 2.24) is 31.1 Å². The van der Waals surface area contributed by atoms with Crippen LogP contribution in [0.15, 0.2) is 0 Å². The minimum atomic E-state index is -1.53. The van der Waals surface area contributed by atoms with E-state index in [1.807, 2.05) is 20.8 Å². The quantitative estimate of drug-likeness (QED) is 0.127. The number of aliphatic carboxylic acids is 1. The molecule has 3 rings (SSSR count). The molecule has 0 aromatic heterocycles. The molecule has 2 aliphatic heterocycles. The Morgan fingerprint density at radius 3 is 1.87 bits per heavy atom. The van der Waals surface area contributed by atoms with Crippen LogP contribution in [0.4, 0.5) is 0 Å². The lowest BCUT2D eigenvalue weighted by molar-refractivity contribution is -0.149. The van der Waals surface area contributed by atoms with Crippen molar-refractivity contribution in [1.29, 1.82) is 0 Å². The van der Waals surface area contributed by atoms with Crippen molar-refractivity contribution >= 4 is 41.4 Å². The molecule has 1 aliphatic carbocycles. The largest absolute Gasteiger partial charge is 0.481 e. The highest BCUT2D eigenvalue weighted by Gasteiger charge is 2.42. The maximum atomic E-state index is 14.0. The lowest BCUT2D eigenvalue weighted by Crippen LogP contribution is -2.61. The molecular weight excluding hydrogens is 672 g/mol. The van der Waals surface area contributed by atoms with E-state index >= 15 is 0 Å². The van der Waals surface area contributed by atoms with Crippen LogP contribution in [-0.4, -0.2) is 117 Å². The van der Waals surface area contributed by atoms with Crippen molar-refractivity contribution in [2.45, 2.75) is 154 Å². The van der Waals surface area contributed by atoms with Gasteiger partial charge in [-0.2, -0.15) is 0 Å². The normalized spacial score (nSPS) is 22.4. The molecule has 15 nitrogen and oxygen atoms in total. The molecule has 3 aliphatic rings. The maximum Gasteiger partial charge on any atom is 0.305 e. The smallest absolute Gasteiger partial charge is 0.305 e. The molecular formula is C37H62N6O9. The summed E-state index contributed by atoms with van der Waals surface area (Å²) in [5, 5.41) is 30.6. The van der Waals surface area contributed by atoms with Gasteiger partial charge in [-0.25, -0.2) is 0 Å². The summed E-state index contributed by atoms with van der Waals surface area (Å²) in [6, 6.07) is -5.70. The zero-order valence-corrected chi connectivity index (χ0v) is 31.7. The topological polar surface area (TPSA) is 215 Å². The van der Waals surface area contributed by atoms with Crippen LogP contribution in [-0.2, 0) is 33.6 Å². The Hall–Kier alpha value is -3.75. The van der Waals surface area contributed by atoms with Crippen LogP contribution in [0.25, 0.3) is 0 Å². The summed E-state index contributed by atoms with van der Waals surface area (Å²) in [7, 11) is 0. The summed E-state index contributed by atoms with van der Waals surface area (Å²) in [6.07, 6.45) is 6.95. The highest BCUT2D eigenvalue weighted by molar-refractivity contribution is 5.98. The number of rotatable bonds is 17. The molecule has 0 bridgehead atoms. The number of amides is 6. The number of hydrogen-bond acceptors (Lipinski definition) is 8. The van der Waals surface area contributed by atoms with Crippen LogP contribution in [0.2, 0.25) is 0 Å². The van der Waals surface area contributed by atoms with Gasteiger partial charge in [0.15, 0.2) is 0 Å². The summed E-state index contributed by atoms with van der Waals surface area (Å²) in [6.45, 7) is 9.69. The predicted molar refractivity (Wildman–Crippen MR) is 192 cm³/mol. The third-order valence-corrected chi connectivity index (χ3v) is 10.7. The molecule has 2 heterocycles. The van der Waals surface area contributed by atoms with Gasteiger partial charge in [-0.15, -0.1) is 0 Å². The van der Waals surface area contributed by atoms with Gasteiger partial charge < -0.3 is 41.3 Å². The summed E-state index contributed by atoms with van der Waals surface area (Å²) in [4.78, 5) is 95.4. The van der Waals surface area contributed by atoms with Gasteiger partial charge in [-0.05, 0) is 63.2 Å². The molecule has 0 aromatic carbocycles. The average Bonchev–Trinajstić information content (AvgIpc) is 3.61. The Balaban J connectivity index is 1.72. The second-order valence-electron chi connectivity index (χ2n) is 15.3. The van der Waals surface area contributed by atoms with E-state index in [1.54, 1.807) is 0 Å². The SMILES string of the molecule is CCCNC(=O)[C@@H](NC(=O)[C@@H]1CCCN1C(=O)[C@H](CC(=O)O)NC(=O)[C@@H]1CCCCN1C(=O)[C@@H](NC(=O)C[C@H](C)C1CCCCC1)C(C)C)[C@@H](C)O. The number of aliphatic hydroxyl groups excluding tert-OH is 1. The average molecular weight is 735 g/mol. The molecule has 3 fully saturated rings. The lowest BCUT2D eigenvalue weighted by atomic mass is 9.79. The van der Waals surface area contributed by atoms with Gasteiger partial charge >= 0.3 is 5.97 Å². The van der Waals surface area contributed by atoms with E-state index in [2.05, 4.69) is 28.2 Å². The van der Waals surface area contributed by atoms with Crippen molar-refractivity contribution in [3.05, 3.63) is 0 Å². The Morgan fingerprint density at radius 1 is 0.692 bits per heavy atom. The molecule has 0 aromatic rings. The number of piperidine rings is 1. The van der Waals surface area contributed by atoms with Crippen LogP contribution < -0.4 is 21.3 Å².